The maximum Gasteiger partial charge on any atom is 0.261 e. The van der Waals surface area contributed by atoms with Crippen molar-refractivity contribution < 1.29 is 9.16 Å². The lowest BCUT2D eigenvalue weighted by Gasteiger charge is -2.37. The highest BCUT2D eigenvalue weighted by molar-refractivity contribution is 6.74. The number of hydrogen-bond donors (Lipinski definition) is 0. The van der Waals surface area contributed by atoms with Gasteiger partial charge in [-0.15, -0.1) is 0 Å². The van der Waals surface area contributed by atoms with Crippen molar-refractivity contribution in [2.45, 2.75) is 71.2 Å². The highest BCUT2D eigenvalue weighted by Crippen LogP contribution is 2.38. The molecule has 0 N–H and O–H groups in total. The Morgan fingerprint density at radius 2 is 2.00 bits per heavy atom. The Balaban J connectivity index is 2.63. The van der Waals surface area contributed by atoms with E-state index in [1.165, 1.54) is 12.8 Å². The zero-order valence-corrected chi connectivity index (χ0v) is 13.7. The van der Waals surface area contributed by atoms with Crippen molar-refractivity contribution in [3.63, 3.8) is 0 Å². The summed E-state index contributed by atoms with van der Waals surface area (Å²) < 4.78 is 12.2. The fourth-order valence-corrected chi connectivity index (χ4v) is 2.56. The molecule has 1 atom stereocenters. The summed E-state index contributed by atoms with van der Waals surface area (Å²) >= 11 is 0. The minimum atomic E-state index is -1.79. The van der Waals surface area contributed by atoms with Gasteiger partial charge in [0.15, 0.2) is 0 Å². The summed E-state index contributed by atoms with van der Waals surface area (Å²) in [7, 11) is -1.79. The van der Waals surface area contributed by atoms with Crippen molar-refractivity contribution in [3.8, 4) is 0 Å². The molecule has 1 unspecified atom stereocenters. The molecular weight excluding hydrogens is 240 g/mol. The van der Waals surface area contributed by atoms with Crippen LogP contribution in [0.2, 0.25) is 18.1 Å². The highest BCUT2D eigenvalue weighted by Gasteiger charge is 2.40. The van der Waals surface area contributed by atoms with E-state index in [2.05, 4.69) is 46.0 Å². The van der Waals surface area contributed by atoms with E-state index in [0.717, 1.165) is 6.42 Å². The third-order valence-corrected chi connectivity index (χ3v) is 8.20. The molecule has 0 saturated carbocycles. The lowest BCUT2D eigenvalue weighted by molar-refractivity contribution is 0.0541. The molecule has 0 spiro atoms. The van der Waals surface area contributed by atoms with Crippen LogP contribution >= 0.6 is 0 Å². The molecule has 0 bridgehead atoms. The maximum atomic E-state index is 6.20. The minimum absolute atomic E-state index is 0.190. The van der Waals surface area contributed by atoms with Gasteiger partial charge in [0.1, 0.15) is 6.10 Å². The van der Waals surface area contributed by atoms with Crippen molar-refractivity contribution in [1.29, 1.82) is 0 Å². The van der Waals surface area contributed by atoms with Crippen LogP contribution in [0.3, 0.4) is 0 Å². The van der Waals surface area contributed by atoms with E-state index in [9.17, 15) is 0 Å². The van der Waals surface area contributed by atoms with Crippen LogP contribution in [0.1, 0.15) is 47.0 Å². The van der Waals surface area contributed by atoms with Gasteiger partial charge in [0.05, 0.1) is 0 Å². The molecular formula is C15H28O2Si. The fourth-order valence-electron chi connectivity index (χ4n) is 1.58. The molecule has 0 aromatic rings. The Hall–Kier alpha value is -0.703. The minimum Gasteiger partial charge on any atom is -0.519 e. The molecule has 0 fully saturated rings. The molecule has 104 valence electrons. The lowest BCUT2D eigenvalue weighted by Crippen LogP contribution is -2.41. The summed E-state index contributed by atoms with van der Waals surface area (Å²) in [6.45, 7) is 13.2. The second-order valence-electron chi connectivity index (χ2n) is 6.49. The molecule has 0 aromatic heterocycles. The SMILES string of the molecule is C/C=C(/OC1C=CCCC1)O[Si](C)(C)C(C)(C)C. The van der Waals surface area contributed by atoms with Crippen LogP contribution in [0.4, 0.5) is 0 Å². The fraction of sp³-hybridized carbons (Fsp3) is 0.733. The molecule has 0 saturated heterocycles. The van der Waals surface area contributed by atoms with E-state index in [1.54, 1.807) is 0 Å². The van der Waals surface area contributed by atoms with Crippen molar-refractivity contribution in [1.82, 2.24) is 0 Å². The molecule has 3 heteroatoms. The molecule has 0 heterocycles. The molecule has 0 radical (unpaired) electrons. The van der Waals surface area contributed by atoms with Crippen molar-refractivity contribution >= 4 is 8.32 Å². The highest BCUT2D eigenvalue weighted by atomic mass is 28.4. The monoisotopic (exact) mass is 268 g/mol. The number of rotatable bonds is 4. The van der Waals surface area contributed by atoms with Crippen LogP contribution in [0.25, 0.3) is 0 Å². The first kappa shape index (κ1) is 15.4. The van der Waals surface area contributed by atoms with Gasteiger partial charge in [0.2, 0.25) is 0 Å². The third-order valence-electron chi connectivity index (χ3n) is 3.88. The summed E-state index contributed by atoms with van der Waals surface area (Å²) in [5.41, 5.74) is 0. The van der Waals surface area contributed by atoms with Crippen LogP contribution in [0, 0.1) is 0 Å². The quantitative estimate of drug-likeness (QED) is 0.406. The predicted molar refractivity (Wildman–Crippen MR) is 79.9 cm³/mol. The first-order valence-corrected chi connectivity index (χ1v) is 9.86. The average Bonchev–Trinajstić information content (AvgIpc) is 2.27. The largest absolute Gasteiger partial charge is 0.519 e. The van der Waals surface area contributed by atoms with E-state index >= 15 is 0 Å². The number of ether oxygens (including phenoxy) is 1. The maximum absolute atomic E-state index is 6.20. The van der Waals surface area contributed by atoms with E-state index < -0.39 is 8.32 Å². The Bertz CT molecular complexity index is 324. The number of allylic oxidation sites excluding steroid dienone is 2. The van der Waals surface area contributed by atoms with Crippen LogP contribution in [0.15, 0.2) is 24.2 Å². The Morgan fingerprint density at radius 1 is 1.33 bits per heavy atom. The second-order valence-corrected chi connectivity index (χ2v) is 11.2. The van der Waals surface area contributed by atoms with Gasteiger partial charge in [0.25, 0.3) is 14.3 Å². The Labute approximate surface area is 113 Å². The van der Waals surface area contributed by atoms with E-state index in [1.807, 2.05) is 13.0 Å². The van der Waals surface area contributed by atoms with Gasteiger partial charge in [-0.05, 0) is 56.5 Å². The first-order valence-electron chi connectivity index (χ1n) is 6.95. The van der Waals surface area contributed by atoms with Crippen molar-refractivity contribution in [2.24, 2.45) is 0 Å². The van der Waals surface area contributed by atoms with Gasteiger partial charge in [-0.25, -0.2) is 0 Å². The second kappa shape index (κ2) is 5.96. The van der Waals surface area contributed by atoms with Gasteiger partial charge >= 0.3 is 0 Å². The molecule has 18 heavy (non-hydrogen) atoms. The summed E-state index contributed by atoms with van der Waals surface area (Å²) in [6, 6.07) is 0. The first-order chi connectivity index (χ1) is 8.26. The smallest absolute Gasteiger partial charge is 0.261 e. The van der Waals surface area contributed by atoms with Gasteiger partial charge in [-0.3, -0.25) is 0 Å². The molecule has 0 amide bonds. The molecule has 0 aromatic carbocycles. The molecule has 1 aliphatic carbocycles. The lowest BCUT2D eigenvalue weighted by atomic mass is 10.1. The molecule has 1 rings (SSSR count). The predicted octanol–water partition coefficient (Wildman–Crippen LogP) is 4.99. The average molecular weight is 268 g/mol. The van der Waals surface area contributed by atoms with Crippen LogP contribution in [0.5, 0.6) is 0 Å². The summed E-state index contributed by atoms with van der Waals surface area (Å²) in [5, 5.41) is 0.201. The van der Waals surface area contributed by atoms with Gasteiger partial charge in [-0.2, -0.15) is 0 Å². The summed E-state index contributed by atoms with van der Waals surface area (Å²) in [4.78, 5) is 0. The normalized spacial score (nSPS) is 21.9. The molecule has 1 aliphatic rings. The van der Waals surface area contributed by atoms with Gasteiger partial charge < -0.3 is 9.16 Å². The summed E-state index contributed by atoms with van der Waals surface area (Å²) in [6.07, 6.45) is 9.97. The summed E-state index contributed by atoms with van der Waals surface area (Å²) in [5.74, 6) is 0.707. The van der Waals surface area contributed by atoms with Crippen LogP contribution < -0.4 is 0 Å². The number of hydrogen-bond acceptors (Lipinski definition) is 2. The zero-order chi connectivity index (χ0) is 13.8. The molecule has 2 nitrogen and oxygen atoms in total. The standard InChI is InChI=1S/C15H28O2Si/c1-7-14(16-13-11-9-8-10-12-13)17-18(5,6)15(2,3)4/h7,9,11,13H,8,10,12H2,1-6H3/b14-7-. The van der Waals surface area contributed by atoms with Crippen LogP contribution in [-0.2, 0) is 9.16 Å². The zero-order valence-electron chi connectivity index (χ0n) is 12.7. The topological polar surface area (TPSA) is 18.5 Å². The van der Waals surface area contributed by atoms with E-state index in [4.69, 9.17) is 9.16 Å². The van der Waals surface area contributed by atoms with Crippen molar-refractivity contribution in [3.05, 3.63) is 24.2 Å². The van der Waals surface area contributed by atoms with Gasteiger partial charge in [0, 0.05) is 0 Å². The van der Waals surface area contributed by atoms with E-state index in [0.29, 0.717) is 5.95 Å². The van der Waals surface area contributed by atoms with Gasteiger partial charge in [-0.1, -0.05) is 26.8 Å². The van der Waals surface area contributed by atoms with Crippen molar-refractivity contribution in [2.75, 3.05) is 0 Å². The van der Waals surface area contributed by atoms with E-state index in [-0.39, 0.29) is 11.1 Å². The van der Waals surface area contributed by atoms with Crippen LogP contribution in [-0.4, -0.2) is 14.4 Å². The Kier molecular flexibility index (Phi) is 5.08. The Morgan fingerprint density at radius 3 is 2.44 bits per heavy atom. The third kappa shape index (κ3) is 4.20. The molecule has 0 aliphatic heterocycles.